The zero-order chi connectivity index (χ0) is 15.1. The number of rotatable bonds is 5. The molecule has 2 aromatic rings. The number of hydrogen-bond acceptors (Lipinski definition) is 4. The summed E-state index contributed by atoms with van der Waals surface area (Å²) in [6.07, 6.45) is 3.30. The van der Waals surface area contributed by atoms with Crippen molar-refractivity contribution < 1.29 is 4.79 Å². The number of hydrogen-bond donors (Lipinski definition) is 2. The van der Waals surface area contributed by atoms with Crippen molar-refractivity contribution in [2.75, 3.05) is 17.2 Å². The third-order valence-electron chi connectivity index (χ3n) is 2.71. The topological polar surface area (TPSA) is 77.8 Å². The van der Waals surface area contributed by atoms with Gasteiger partial charge in [-0.3, -0.25) is 9.78 Å². The Balaban J connectivity index is 2.08. The minimum absolute atomic E-state index is 0.304. The van der Waals surface area contributed by atoms with Gasteiger partial charge in [-0.05, 0) is 36.4 Å². The second-order valence-electron chi connectivity index (χ2n) is 4.24. The monoisotopic (exact) mass is 278 g/mol. The number of benzene rings is 1. The van der Waals surface area contributed by atoms with Crippen LogP contribution in [-0.4, -0.2) is 17.4 Å². The molecule has 0 saturated heterocycles. The molecule has 1 heterocycles. The first-order valence-corrected chi connectivity index (χ1v) is 6.35. The SMILES string of the molecule is C=CCNc1ccnc(C(=O)Nc2ccc(C#N)cc2)c1. The lowest BCUT2D eigenvalue weighted by molar-refractivity contribution is 0.102. The summed E-state index contributed by atoms with van der Waals surface area (Å²) in [5.74, 6) is -0.304. The molecule has 2 N–H and O–H groups in total. The van der Waals surface area contributed by atoms with Gasteiger partial charge < -0.3 is 10.6 Å². The molecule has 1 aromatic carbocycles. The van der Waals surface area contributed by atoms with Gasteiger partial charge in [0, 0.05) is 24.1 Å². The van der Waals surface area contributed by atoms with Crippen molar-refractivity contribution in [3.05, 3.63) is 66.5 Å². The van der Waals surface area contributed by atoms with E-state index in [9.17, 15) is 4.79 Å². The van der Waals surface area contributed by atoms with E-state index in [2.05, 4.69) is 22.2 Å². The number of carbonyl (C=O) groups excluding carboxylic acids is 1. The van der Waals surface area contributed by atoms with Crippen LogP contribution in [0.3, 0.4) is 0 Å². The van der Waals surface area contributed by atoms with Gasteiger partial charge in [-0.25, -0.2) is 0 Å². The maximum absolute atomic E-state index is 12.1. The van der Waals surface area contributed by atoms with Gasteiger partial charge in [0.05, 0.1) is 11.6 Å². The highest BCUT2D eigenvalue weighted by molar-refractivity contribution is 6.03. The van der Waals surface area contributed by atoms with Crippen molar-refractivity contribution in [2.24, 2.45) is 0 Å². The number of nitriles is 1. The smallest absolute Gasteiger partial charge is 0.274 e. The molecule has 0 aliphatic heterocycles. The van der Waals surface area contributed by atoms with Crippen molar-refractivity contribution in [1.82, 2.24) is 4.98 Å². The summed E-state index contributed by atoms with van der Waals surface area (Å²) in [4.78, 5) is 16.2. The first kappa shape index (κ1) is 14.3. The summed E-state index contributed by atoms with van der Waals surface area (Å²) in [6.45, 7) is 4.23. The molecular weight excluding hydrogens is 264 g/mol. The molecule has 0 radical (unpaired) electrons. The summed E-state index contributed by atoms with van der Waals surface area (Å²) < 4.78 is 0. The van der Waals surface area contributed by atoms with Gasteiger partial charge in [0.1, 0.15) is 5.69 Å². The summed E-state index contributed by atoms with van der Waals surface area (Å²) >= 11 is 0. The normalized spacial score (nSPS) is 9.48. The van der Waals surface area contributed by atoms with E-state index in [0.717, 1.165) is 5.69 Å². The minimum atomic E-state index is -0.304. The van der Waals surface area contributed by atoms with Crippen LogP contribution in [-0.2, 0) is 0 Å². The maximum atomic E-state index is 12.1. The van der Waals surface area contributed by atoms with E-state index in [1.165, 1.54) is 0 Å². The summed E-state index contributed by atoms with van der Waals surface area (Å²) in [5.41, 5.74) is 2.27. The molecule has 2 rings (SSSR count). The molecule has 0 saturated carbocycles. The molecule has 1 amide bonds. The van der Waals surface area contributed by atoms with Crippen LogP contribution in [0, 0.1) is 11.3 Å². The Bertz CT molecular complexity index is 686. The molecule has 5 heteroatoms. The molecule has 0 atom stereocenters. The molecule has 0 aliphatic carbocycles. The van der Waals surface area contributed by atoms with E-state index in [1.54, 1.807) is 48.7 Å². The van der Waals surface area contributed by atoms with Crippen LogP contribution in [0.2, 0.25) is 0 Å². The Morgan fingerprint density at radius 2 is 2.05 bits per heavy atom. The molecular formula is C16H14N4O. The largest absolute Gasteiger partial charge is 0.381 e. The lowest BCUT2D eigenvalue weighted by atomic mass is 10.2. The van der Waals surface area contributed by atoms with Gasteiger partial charge in [-0.15, -0.1) is 6.58 Å². The number of pyridine rings is 1. The van der Waals surface area contributed by atoms with Crippen molar-refractivity contribution in [3.8, 4) is 6.07 Å². The highest BCUT2D eigenvalue weighted by Gasteiger charge is 2.08. The first-order chi connectivity index (χ1) is 10.2. The fourth-order valence-corrected chi connectivity index (χ4v) is 1.68. The van der Waals surface area contributed by atoms with E-state index in [1.807, 2.05) is 6.07 Å². The van der Waals surface area contributed by atoms with E-state index in [4.69, 9.17) is 5.26 Å². The number of nitrogens with zero attached hydrogens (tertiary/aromatic N) is 2. The second kappa shape index (κ2) is 6.87. The average Bonchev–Trinajstić information content (AvgIpc) is 2.54. The molecule has 0 fully saturated rings. The Labute approximate surface area is 122 Å². The molecule has 0 unspecified atom stereocenters. The molecule has 0 aliphatic rings. The number of nitrogens with one attached hydrogen (secondary N) is 2. The third-order valence-corrected chi connectivity index (χ3v) is 2.71. The van der Waals surface area contributed by atoms with Crippen LogP contribution >= 0.6 is 0 Å². The van der Waals surface area contributed by atoms with Crippen molar-refractivity contribution in [2.45, 2.75) is 0 Å². The molecule has 21 heavy (non-hydrogen) atoms. The Hall–Kier alpha value is -3.13. The zero-order valence-corrected chi connectivity index (χ0v) is 11.3. The van der Waals surface area contributed by atoms with Crippen LogP contribution in [0.4, 0.5) is 11.4 Å². The fourth-order valence-electron chi connectivity index (χ4n) is 1.68. The van der Waals surface area contributed by atoms with E-state index in [0.29, 0.717) is 23.5 Å². The molecule has 0 bridgehead atoms. The number of aromatic nitrogens is 1. The quantitative estimate of drug-likeness (QED) is 0.824. The number of carbonyl (C=O) groups is 1. The van der Waals surface area contributed by atoms with Crippen LogP contribution in [0.25, 0.3) is 0 Å². The maximum Gasteiger partial charge on any atom is 0.274 e. The van der Waals surface area contributed by atoms with Gasteiger partial charge in [-0.1, -0.05) is 6.08 Å². The Morgan fingerprint density at radius 1 is 1.29 bits per heavy atom. The van der Waals surface area contributed by atoms with Crippen LogP contribution < -0.4 is 10.6 Å². The predicted molar refractivity (Wildman–Crippen MR) is 82.0 cm³/mol. The van der Waals surface area contributed by atoms with Crippen LogP contribution in [0.5, 0.6) is 0 Å². The number of amides is 1. The zero-order valence-electron chi connectivity index (χ0n) is 11.3. The standard InChI is InChI=1S/C16H14N4O/c1-2-8-18-14-7-9-19-15(10-14)16(21)20-13-5-3-12(11-17)4-6-13/h2-7,9-10H,1,8H2,(H,18,19)(H,20,21). The van der Waals surface area contributed by atoms with E-state index < -0.39 is 0 Å². The van der Waals surface area contributed by atoms with Crippen molar-refractivity contribution in [1.29, 1.82) is 5.26 Å². The van der Waals surface area contributed by atoms with Crippen molar-refractivity contribution >= 4 is 17.3 Å². The lowest BCUT2D eigenvalue weighted by Gasteiger charge is -2.07. The van der Waals surface area contributed by atoms with Gasteiger partial charge in [0.2, 0.25) is 0 Å². The van der Waals surface area contributed by atoms with Gasteiger partial charge in [0.25, 0.3) is 5.91 Å². The lowest BCUT2D eigenvalue weighted by Crippen LogP contribution is -2.14. The van der Waals surface area contributed by atoms with E-state index >= 15 is 0 Å². The first-order valence-electron chi connectivity index (χ1n) is 6.35. The summed E-state index contributed by atoms with van der Waals surface area (Å²) in [5, 5.41) is 14.6. The molecule has 0 spiro atoms. The minimum Gasteiger partial charge on any atom is -0.381 e. The highest BCUT2D eigenvalue weighted by Crippen LogP contribution is 2.12. The number of anilines is 2. The van der Waals surface area contributed by atoms with Crippen LogP contribution in [0.15, 0.2) is 55.3 Å². The average molecular weight is 278 g/mol. The van der Waals surface area contributed by atoms with Gasteiger partial charge in [0.15, 0.2) is 0 Å². The third kappa shape index (κ3) is 3.91. The Morgan fingerprint density at radius 3 is 2.71 bits per heavy atom. The van der Waals surface area contributed by atoms with Crippen molar-refractivity contribution in [3.63, 3.8) is 0 Å². The predicted octanol–water partition coefficient (Wildman–Crippen LogP) is 2.80. The summed E-state index contributed by atoms with van der Waals surface area (Å²) in [6, 6.07) is 12.1. The molecule has 104 valence electrons. The second-order valence-corrected chi connectivity index (χ2v) is 4.24. The fraction of sp³-hybridized carbons (Fsp3) is 0.0625. The highest BCUT2D eigenvalue weighted by atomic mass is 16.1. The molecule has 5 nitrogen and oxygen atoms in total. The van der Waals surface area contributed by atoms with Gasteiger partial charge in [-0.2, -0.15) is 5.26 Å². The summed E-state index contributed by atoms with van der Waals surface area (Å²) in [7, 11) is 0. The van der Waals surface area contributed by atoms with Crippen LogP contribution in [0.1, 0.15) is 16.1 Å². The molecule has 1 aromatic heterocycles. The van der Waals surface area contributed by atoms with E-state index in [-0.39, 0.29) is 5.91 Å². The Kier molecular flexibility index (Phi) is 4.67. The van der Waals surface area contributed by atoms with Gasteiger partial charge >= 0.3 is 0 Å².